The van der Waals surface area contributed by atoms with Crippen LogP contribution in [0.25, 0.3) is 0 Å². The summed E-state index contributed by atoms with van der Waals surface area (Å²) in [5.74, 6) is 0.532. The van der Waals surface area contributed by atoms with Crippen LogP contribution in [0.5, 0.6) is 0 Å². The molecule has 3 nitrogen and oxygen atoms in total. The molecule has 0 aromatic carbocycles. The third-order valence-electron chi connectivity index (χ3n) is 3.45. The molecule has 1 aliphatic heterocycles. The molecular formula is C10H19NO2. The number of nitrogens with zero attached hydrogens (tertiary/aromatic N) is 1. The first-order valence-corrected chi connectivity index (χ1v) is 5.07. The SMILES string of the molecule is CN1[C@@H](C(O)C2CC2)COC1(C)C. The standard InChI is InChI=1S/C10H19NO2/c1-10(2)11(3)8(6-13-10)9(12)7-4-5-7/h7-9,12H,4-6H2,1-3H3/t8-,9?/m1/s1. The summed E-state index contributed by atoms with van der Waals surface area (Å²) in [5.41, 5.74) is -0.208. The number of aliphatic hydroxyl groups excluding tert-OH is 1. The number of ether oxygens (including phenoxy) is 1. The Morgan fingerprint density at radius 1 is 1.46 bits per heavy atom. The highest BCUT2D eigenvalue weighted by Gasteiger charge is 2.45. The zero-order valence-corrected chi connectivity index (χ0v) is 8.66. The van der Waals surface area contributed by atoms with Crippen LogP contribution in [0, 0.1) is 5.92 Å². The Kier molecular flexibility index (Phi) is 2.13. The second-order valence-corrected chi connectivity index (χ2v) is 4.76. The van der Waals surface area contributed by atoms with Crippen molar-refractivity contribution in [2.24, 2.45) is 5.92 Å². The maximum absolute atomic E-state index is 9.97. The molecule has 1 saturated carbocycles. The second kappa shape index (κ2) is 2.94. The molecule has 76 valence electrons. The summed E-state index contributed by atoms with van der Waals surface area (Å²) in [6.45, 7) is 4.76. The van der Waals surface area contributed by atoms with Crippen LogP contribution >= 0.6 is 0 Å². The summed E-state index contributed by atoms with van der Waals surface area (Å²) >= 11 is 0. The maximum Gasteiger partial charge on any atom is 0.116 e. The number of aliphatic hydroxyl groups is 1. The van der Waals surface area contributed by atoms with E-state index in [1.165, 1.54) is 12.8 Å². The van der Waals surface area contributed by atoms with Gasteiger partial charge in [-0.05, 0) is 39.7 Å². The average molecular weight is 185 g/mol. The molecule has 3 heteroatoms. The normalized spacial score (nSPS) is 36.5. The molecule has 0 aromatic heterocycles. The van der Waals surface area contributed by atoms with Gasteiger partial charge >= 0.3 is 0 Å². The van der Waals surface area contributed by atoms with Crippen LogP contribution in [0.2, 0.25) is 0 Å². The van der Waals surface area contributed by atoms with E-state index in [-0.39, 0.29) is 17.9 Å². The van der Waals surface area contributed by atoms with Crippen molar-refractivity contribution in [3.8, 4) is 0 Å². The van der Waals surface area contributed by atoms with E-state index in [2.05, 4.69) is 4.90 Å². The van der Waals surface area contributed by atoms with Gasteiger partial charge in [0.25, 0.3) is 0 Å². The monoisotopic (exact) mass is 185 g/mol. The highest BCUT2D eigenvalue weighted by atomic mass is 16.5. The van der Waals surface area contributed by atoms with E-state index in [1.807, 2.05) is 20.9 Å². The van der Waals surface area contributed by atoms with Crippen molar-refractivity contribution in [3.05, 3.63) is 0 Å². The summed E-state index contributed by atoms with van der Waals surface area (Å²) in [7, 11) is 2.03. The summed E-state index contributed by atoms with van der Waals surface area (Å²) in [6, 6.07) is 0.197. The lowest BCUT2D eigenvalue weighted by Gasteiger charge is -2.31. The van der Waals surface area contributed by atoms with Crippen LogP contribution in [-0.2, 0) is 4.74 Å². The molecule has 1 N–H and O–H groups in total. The third-order valence-corrected chi connectivity index (χ3v) is 3.45. The van der Waals surface area contributed by atoms with E-state index in [0.717, 1.165) is 0 Å². The lowest BCUT2D eigenvalue weighted by atomic mass is 10.1. The Morgan fingerprint density at radius 3 is 2.46 bits per heavy atom. The predicted molar refractivity (Wildman–Crippen MR) is 50.3 cm³/mol. The molecular weight excluding hydrogens is 166 g/mol. The van der Waals surface area contributed by atoms with Crippen LogP contribution in [0.15, 0.2) is 0 Å². The third kappa shape index (κ3) is 1.60. The van der Waals surface area contributed by atoms with Gasteiger partial charge in [0.1, 0.15) is 5.72 Å². The number of rotatable bonds is 2. The van der Waals surface area contributed by atoms with Crippen LogP contribution in [0.4, 0.5) is 0 Å². The zero-order chi connectivity index (χ0) is 9.64. The van der Waals surface area contributed by atoms with Crippen LogP contribution in [-0.4, -0.2) is 41.5 Å². The van der Waals surface area contributed by atoms with Gasteiger partial charge in [-0.1, -0.05) is 0 Å². The van der Waals surface area contributed by atoms with Crippen LogP contribution < -0.4 is 0 Å². The molecule has 0 aromatic rings. The highest BCUT2D eigenvalue weighted by molar-refractivity contribution is 4.95. The van der Waals surface area contributed by atoms with Crippen molar-refractivity contribution in [3.63, 3.8) is 0 Å². The molecule has 1 unspecified atom stereocenters. The molecule has 2 aliphatic rings. The Hall–Kier alpha value is -0.120. The first-order valence-electron chi connectivity index (χ1n) is 5.07. The molecule has 1 saturated heterocycles. The minimum atomic E-state index is -0.208. The minimum absolute atomic E-state index is 0.188. The van der Waals surface area contributed by atoms with Gasteiger partial charge in [-0.25, -0.2) is 0 Å². The van der Waals surface area contributed by atoms with E-state index in [1.54, 1.807) is 0 Å². The molecule has 13 heavy (non-hydrogen) atoms. The molecule has 1 heterocycles. The van der Waals surface area contributed by atoms with Crippen molar-refractivity contribution in [2.45, 2.75) is 44.6 Å². The van der Waals surface area contributed by atoms with E-state index >= 15 is 0 Å². The topological polar surface area (TPSA) is 32.7 Å². The van der Waals surface area contributed by atoms with Gasteiger partial charge < -0.3 is 9.84 Å². The van der Waals surface area contributed by atoms with Crippen LogP contribution in [0.3, 0.4) is 0 Å². The lowest BCUT2D eigenvalue weighted by molar-refractivity contribution is -0.0470. The number of hydrogen-bond donors (Lipinski definition) is 1. The van der Waals surface area contributed by atoms with Crippen LogP contribution in [0.1, 0.15) is 26.7 Å². The predicted octanol–water partition coefficient (Wildman–Crippen LogP) is 0.824. The van der Waals surface area contributed by atoms with Gasteiger partial charge in [0.2, 0.25) is 0 Å². The summed E-state index contributed by atoms with van der Waals surface area (Å²) < 4.78 is 5.63. The summed E-state index contributed by atoms with van der Waals surface area (Å²) in [5, 5.41) is 9.97. The smallest absolute Gasteiger partial charge is 0.116 e. The Labute approximate surface area is 79.7 Å². The molecule has 2 rings (SSSR count). The molecule has 0 bridgehead atoms. The Balaban J connectivity index is 2.01. The van der Waals surface area contributed by atoms with Gasteiger partial charge in [-0.2, -0.15) is 0 Å². The Bertz CT molecular complexity index is 201. The fourth-order valence-corrected chi connectivity index (χ4v) is 1.98. The van der Waals surface area contributed by atoms with Crippen molar-refractivity contribution in [2.75, 3.05) is 13.7 Å². The summed E-state index contributed by atoms with van der Waals surface area (Å²) in [6.07, 6.45) is 2.18. The number of hydrogen-bond acceptors (Lipinski definition) is 3. The van der Waals surface area contributed by atoms with Gasteiger partial charge in [0.05, 0.1) is 18.8 Å². The molecule has 1 aliphatic carbocycles. The highest BCUT2D eigenvalue weighted by Crippen LogP contribution is 2.38. The first kappa shape index (κ1) is 9.44. The van der Waals surface area contributed by atoms with Gasteiger partial charge in [0, 0.05) is 0 Å². The average Bonchev–Trinajstić information content (AvgIpc) is 2.82. The second-order valence-electron chi connectivity index (χ2n) is 4.76. The number of likely N-dealkylation sites (N-methyl/N-ethyl adjacent to an activating group) is 1. The molecule has 2 atom stereocenters. The quantitative estimate of drug-likeness (QED) is 0.691. The molecule has 0 spiro atoms. The van der Waals surface area contributed by atoms with E-state index < -0.39 is 0 Å². The van der Waals surface area contributed by atoms with Crippen molar-refractivity contribution >= 4 is 0 Å². The summed E-state index contributed by atoms with van der Waals surface area (Å²) in [4.78, 5) is 2.15. The lowest BCUT2D eigenvalue weighted by Crippen LogP contribution is -2.46. The van der Waals surface area contributed by atoms with Crippen molar-refractivity contribution in [1.29, 1.82) is 0 Å². The molecule has 2 fully saturated rings. The fraction of sp³-hybridized carbons (Fsp3) is 1.00. The van der Waals surface area contributed by atoms with Crippen molar-refractivity contribution in [1.82, 2.24) is 4.90 Å². The van der Waals surface area contributed by atoms with Gasteiger partial charge in [-0.15, -0.1) is 0 Å². The fourth-order valence-electron chi connectivity index (χ4n) is 1.98. The van der Waals surface area contributed by atoms with E-state index in [4.69, 9.17) is 4.74 Å². The van der Waals surface area contributed by atoms with Crippen molar-refractivity contribution < 1.29 is 9.84 Å². The maximum atomic E-state index is 9.97. The van der Waals surface area contributed by atoms with Gasteiger partial charge in [0.15, 0.2) is 0 Å². The molecule has 0 amide bonds. The Morgan fingerprint density at radius 2 is 2.08 bits per heavy atom. The minimum Gasteiger partial charge on any atom is -0.391 e. The first-order chi connectivity index (χ1) is 6.02. The van der Waals surface area contributed by atoms with Gasteiger partial charge in [-0.3, -0.25) is 4.90 Å². The van der Waals surface area contributed by atoms with E-state index in [0.29, 0.717) is 12.5 Å². The zero-order valence-electron chi connectivity index (χ0n) is 8.66. The molecule has 0 radical (unpaired) electrons. The largest absolute Gasteiger partial charge is 0.391 e. The van der Waals surface area contributed by atoms with E-state index in [9.17, 15) is 5.11 Å².